The molecule has 0 spiro atoms. The Bertz CT molecular complexity index is 491. The molecule has 0 bridgehead atoms. The van der Waals surface area contributed by atoms with Gasteiger partial charge in [0.1, 0.15) is 11.5 Å². The molecule has 4 nitrogen and oxygen atoms in total. The third kappa shape index (κ3) is 3.97. The van der Waals surface area contributed by atoms with Crippen molar-refractivity contribution in [2.45, 2.75) is 20.8 Å². The maximum absolute atomic E-state index is 11.6. The van der Waals surface area contributed by atoms with Gasteiger partial charge in [-0.15, -0.1) is 0 Å². The predicted molar refractivity (Wildman–Crippen MR) is 86.1 cm³/mol. The van der Waals surface area contributed by atoms with Crippen LogP contribution in [0.15, 0.2) is 24.3 Å². The molecule has 0 aromatic heterocycles. The first-order valence-electron chi connectivity index (χ1n) is 7.55. The number of benzene rings is 1. The number of methoxy groups -OCH3 is 1. The van der Waals surface area contributed by atoms with E-state index in [0.29, 0.717) is 0 Å². The fourth-order valence-corrected chi connectivity index (χ4v) is 2.64. The van der Waals surface area contributed by atoms with E-state index in [1.54, 1.807) is 14.0 Å². The molecule has 1 aromatic carbocycles. The summed E-state index contributed by atoms with van der Waals surface area (Å²) in [5.74, 6) is 1.16. The molecule has 0 unspecified atom stereocenters. The van der Waals surface area contributed by atoms with Crippen LogP contribution in [0.4, 0.5) is 5.69 Å². The van der Waals surface area contributed by atoms with Gasteiger partial charge < -0.3 is 9.64 Å². The maximum Gasteiger partial charge on any atom is 0.136 e. The van der Waals surface area contributed by atoms with E-state index in [-0.39, 0.29) is 11.2 Å². The number of hydrogen-bond donors (Lipinski definition) is 0. The number of carbonyl (C=O) groups is 1. The van der Waals surface area contributed by atoms with Crippen molar-refractivity contribution in [3.8, 4) is 5.75 Å². The predicted octanol–water partition coefficient (Wildman–Crippen LogP) is 2.43. The summed E-state index contributed by atoms with van der Waals surface area (Å²) in [5.41, 5.74) is 0.956. The third-order valence-electron chi connectivity index (χ3n) is 4.36. The van der Waals surface area contributed by atoms with E-state index in [2.05, 4.69) is 21.9 Å². The molecule has 1 aromatic rings. The van der Waals surface area contributed by atoms with Crippen LogP contribution in [0, 0.1) is 5.41 Å². The number of piperazine rings is 1. The first-order valence-corrected chi connectivity index (χ1v) is 7.55. The number of anilines is 1. The summed E-state index contributed by atoms with van der Waals surface area (Å²) in [4.78, 5) is 16.4. The molecule has 0 N–H and O–H groups in total. The number of carbonyl (C=O) groups excluding carboxylic acids is 1. The first kappa shape index (κ1) is 15.8. The van der Waals surface area contributed by atoms with E-state index in [1.807, 2.05) is 26.0 Å². The van der Waals surface area contributed by atoms with Crippen LogP contribution in [0.3, 0.4) is 0 Å². The Balaban J connectivity index is 1.92. The molecule has 0 saturated carbocycles. The Labute approximate surface area is 127 Å². The highest BCUT2D eigenvalue weighted by molar-refractivity contribution is 5.81. The van der Waals surface area contributed by atoms with Gasteiger partial charge in [0.05, 0.1) is 7.11 Å². The minimum Gasteiger partial charge on any atom is -0.497 e. The fraction of sp³-hybridized carbons (Fsp3) is 0.588. The lowest BCUT2D eigenvalue weighted by Gasteiger charge is -2.39. The number of nitrogens with zero attached hydrogens (tertiary/aromatic N) is 2. The molecular weight excluding hydrogens is 264 g/mol. The van der Waals surface area contributed by atoms with Gasteiger partial charge in [0.15, 0.2) is 0 Å². The van der Waals surface area contributed by atoms with Crippen LogP contribution in [0.2, 0.25) is 0 Å². The molecule has 0 radical (unpaired) electrons. The minimum absolute atomic E-state index is 0.252. The normalized spacial score (nSPS) is 16.9. The highest BCUT2D eigenvalue weighted by atomic mass is 16.5. The van der Waals surface area contributed by atoms with Crippen molar-refractivity contribution >= 4 is 11.5 Å². The van der Waals surface area contributed by atoms with Crippen LogP contribution >= 0.6 is 0 Å². The molecule has 1 aliphatic heterocycles. The maximum atomic E-state index is 11.6. The highest BCUT2D eigenvalue weighted by Crippen LogP contribution is 2.24. The van der Waals surface area contributed by atoms with Crippen molar-refractivity contribution in [1.82, 2.24) is 4.90 Å². The van der Waals surface area contributed by atoms with Crippen LogP contribution in [0.1, 0.15) is 20.8 Å². The molecule has 1 saturated heterocycles. The van der Waals surface area contributed by atoms with Gasteiger partial charge in [-0.25, -0.2) is 0 Å². The van der Waals surface area contributed by atoms with Gasteiger partial charge in [-0.2, -0.15) is 0 Å². The molecule has 1 aliphatic rings. The summed E-state index contributed by atoms with van der Waals surface area (Å²) in [6.07, 6.45) is 0. The van der Waals surface area contributed by atoms with Crippen molar-refractivity contribution in [2.75, 3.05) is 44.7 Å². The Kier molecular flexibility index (Phi) is 4.88. The van der Waals surface area contributed by atoms with E-state index < -0.39 is 0 Å². The van der Waals surface area contributed by atoms with E-state index in [9.17, 15) is 4.79 Å². The van der Waals surface area contributed by atoms with Gasteiger partial charge in [0.2, 0.25) is 0 Å². The summed E-state index contributed by atoms with van der Waals surface area (Å²) >= 11 is 0. The number of rotatable bonds is 5. The van der Waals surface area contributed by atoms with Crippen molar-refractivity contribution < 1.29 is 9.53 Å². The molecule has 21 heavy (non-hydrogen) atoms. The van der Waals surface area contributed by atoms with E-state index >= 15 is 0 Å². The molecule has 0 aliphatic carbocycles. The monoisotopic (exact) mass is 290 g/mol. The molecule has 1 heterocycles. The quantitative estimate of drug-likeness (QED) is 0.834. The topological polar surface area (TPSA) is 32.8 Å². The Hall–Kier alpha value is -1.55. The Morgan fingerprint density at radius 2 is 1.90 bits per heavy atom. The number of ketones is 1. The second-order valence-corrected chi connectivity index (χ2v) is 6.40. The zero-order chi connectivity index (χ0) is 15.5. The van der Waals surface area contributed by atoms with E-state index in [0.717, 1.165) is 38.5 Å². The highest BCUT2D eigenvalue weighted by Gasteiger charge is 2.28. The molecular formula is C17H26N2O2. The van der Waals surface area contributed by atoms with Gasteiger partial charge in [-0.05, 0) is 19.1 Å². The van der Waals surface area contributed by atoms with Crippen LogP contribution in [0.25, 0.3) is 0 Å². The minimum atomic E-state index is -0.252. The SMILES string of the molecule is COc1cccc(N2CCN(CC(C)(C)C(C)=O)CC2)c1. The van der Waals surface area contributed by atoms with E-state index in [1.165, 1.54) is 5.69 Å². The lowest BCUT2D eigenvalue weighted by atomic mass is 9.88. The molecule has 1 fully saturated rings. The van der Waals surface area contributed by atoms with Crippen molar-refractivity contribution in [3.63, 3.8) is 0 Å². The second-order valence-electron chi connectivity index (χ2n) is 6.40. The number of Topliss-reactive ketones (excluding diaryl/α,β-unsaturated/α-hetero) is 1. The molecule has 2 rings (SSSR count). The first-order chi connectivity index (χ1) is 9.92. The zero-order valence-electron chi connectivity index (χ0n) is 13.6. The smallest absolute Gasteiger partial charge is 0.136 e. The molecule has 0 atom stereocenters. The van der Waals surface area contributed by atoms with Crippen LogP contribution in [-0.2, 0) is 4.79 Å². The standard InChI is InChI=1S/C17H26N2O2/c1-14(20)17(2,3)13-18-8-10-19(11-9-18)15-6-5-7-16(12-15)21-4/h5-7,12H,8-11,13H2,1-4H3. The summed E-state index contributed by atoms with van der Waals surface area (Å²) < 4.78 is 5.28. The summed E-state index contributed by atoms with van der Waals surface area (Å²) in [5, 5.41) is 0. The molecule has 116 valence electrons. The average Bonchev–Trinajstić information content (AvgIpc) is 2.47. The average molecular weight is 290 g/mol. The van der Waals surface area contributed by atoms with Gasteiger partial charge in [-0.1, -0.05) is 19.9 Å². The number of hydrogen-bond acceptors (Lipinski definition) is 4. The van der Waals surface area contributed by atoms with Crippen molar-refractivity contribution in [2.24, 2.45) is 5.41 Å². The van der Waals surface area contributed by atoms with Crippen LogP contribution < -0.4 is 9.64 Å². The van der Waals surface area contributed by atoms with Gasteiger partial charge in [0.25, 0.3) is 0 Å². The van der Waals surface area contributed by atoms with Crippen LogP contribution in [0.5, 0.6) is 5.75 Å². The lowest BCUT2D eigenvalue weighted by molar-refractivity contribution is -0.125. The zero-order valence-corrected chi connectivity index (χ0v) is 13.6. The molecule has 0 amide bonds. The Morgan fingerprint density at radius 3 is 2.48 bits per heavy atom. The third-order valence-corrected chi connectivity index (χ3v) is 4.36. The Morgan fingerprint density at radius 1 is 1.24 bits per heavy atom. The van der Waals surface area contributed by atoms with Gasteiger partial charge in [0, 0.05) is 49.9 Å². The summed E-state index contributed by atoms with van der Waals surface area (Å²) in [6, 6.07) is 8.20. The van der Waals surface area contributed by atoms with Crippen molar-refractivity contribution in [1.29, 1.82) is 0 Å². The lowest BCUT2D eigenvalue weighted by Crippen LogP contribution is -2.50. The summed E-state index contributed by atoms with van der Waals surface area (Å²) in [6.45, 7) is 10.6. The number of ether oxygens (including phenoxy) is 1. The molecule has 4 heteroatoms. The van der Waals surface area contributed by atoms with E-state index in [4.69, 9.17) is 4.74 Å². The fourth-order valence-electron chi connectivity index (χ4n) is 2.64. The van der Waals surface area contributed by atoms with Crippen LogP contribution in [-0.4, -0.2) is 50.5 Å². The second kappa shape index (κ2) is 6.48. The van der Waals surface area contributed by atoms with Gasteiger partial charge in [-0.3, -0.25) is 9.69 Å². The largest absolute Gasteiger partial charge is 0.497 e. The van der Waals surface area contributed by atoms with Crippen molar-refractivity contribution in [3.05, 3.63) is 24.3 Å². The van der Waals surface area contributed by atoms with Gasteiger partial charge >= 0.3 is 0 Å². The summed E-state index contributed by atoms with van der Waals surface area (Å²) in [7, 11) is 1.70.